The number of aldehydes is 1. The number of amides is 3. The topological polar surface area (TPSA) is 238 Å². The van der Waals surface area contributed by atoms with Crippen molar-refractivity contribution in [3.63, 3.8) is 0 Å². The van der Waals surface area contributed by atoms with Gasteiger partial charge in [0.25, 0.3) is 12.4 Å². The Kier molecular flexibility index (Phi) is 22.4. The van der Waals surface area contributed by atoms with Crippen molar-refractivity contribution in [1.82, 2.24) is 55.1 Å². The second-order valence-corrected chi connectivity index (χ2v) is 24.7. The van der Waals surface area contributed by atoms with Gasteiger partial charge in [0.05, 0.1) is 67.4 Å². The normalized spacial score (nSPS) is 20.7. The maximum absolute atomic E-state index is 14.3. The van der Waals surface area contributed by atoms with Crippen molar-refractivity contribution >= 4 is 53.6 Å². The van der Waals surface area contributed by atoms with E-state index >= 15 is 0 Å². The van der Waals surface area contributed by atoms with Gasteiger partial charge in [-0.15, -0.1) is 10.2 Å². The Balaban J connectivity index is 0.000000396. The van der Waals surface area contributed by atoms with E-state index in [1.165, 1.54) is 6.33 Å². The number of ether oxygens (including phenoxy) is 2. The van der Waals surface area contributed by atoms with E-state index in [9.17, 15) is 29.1 Å². The molecule has 6 atom stereocenters. The molecule has 22 nitrogen and oxygen atoms in total. The van der Waals surface area contributed by atoms with E-state index in [0.717, 1.165) is 127 Å². The van der Waals surface area contributed by atoms with Crippen LogP contribution in [-0.2, 0) is 35.1 Å². The average molecular weight is 1190 g/mol. The number of carbonyl (C=O) groups is 5. The van der Waals surface area contributed by atoms with Crippen LogP contribution in [0.1, 0.15) is 120 Å². The van der Waals surface area contributed by atoms with Crippen LogP contribution in [-0.4, -0.2) is 205 Å². The lowest BCUT2D eigenvalue weighted by atomic mass is 9.76. The molecule has 0 bridgehead atoms. The summed E-state index contributed by atoms with van der Waals surface area (Å²) in [5, 5.41) is 32.2. The number of nitrogens with zero attached hydrogens (tertiary/aromatic N) is 12. The number of hydrazine groups is 1. The van der Waals surface area contributed by atoms with Crippen LogP contribution < -0.4 is 20.5 Å². The number of halogens is 1. The number of fused-ring (bicyclic) bond motifs is 1. The molecule has 0 spiro atoms. The maximum Gasteiger partial charge on any atom is 0.332 e. The number of nitriles is 1. The fourth-order valence-corrected chi connectivity index (χ4v) is 13.4. The molecule has 4 fully saturated rings. The van der Waals surface area contributed by atoms with Crippen LogP contribution in [0.15, 0.2) is 55.0 Å². The summed E-state index contributed by atoms with van der Waals surface area (Å²) in [5.74, 6) is -0.00883. The predicted octanol–water partition coefficient (Wildman–Crippen LogP) is 6.44. The molecule has 6 unspecified atom stereocenters. The molecule has 2 aromatic heterocycles. The van der Waals surface area contributed by atoms with Crippen molar-refractivity contribution in [2.45, 2.75) is 122 Å². The number of anilines is 2. The SMILES string of the molecule is CCN1c2ccc(-c3cc(O)cc(CC(NC(=O)C(C4CCCC4)N(C)C)C(=O)N4CCCCN4)c3)cc2C(CC(C)(C)COC=O)C1c1cc(N2CCN(C)CC2)cnc1C(C)OC.N#CCC1CN(CC=O)CCN1C(=O)n1cnnc1Cl. The van der Waals surface area contributed by atoms with Crippen LogP contribution >= 0.6 is 11.6 Å². The summed E-state index contributed by atoms with van der Waals surface area (Å²) in [6, 6.07) is 14.6. The number of carbonyl (C=O) groups excluding carboxylic acids is 5. The first-order valence-electron chi connectivity index (χ1n) is 30.0. The monoisotopic (exact) mass is 1190 g/mol. The average Bonchev–Trinajstić information content (AvgIpc) is 3.70. The summed E-state index contributed by atoms with van der Waals surface area (Å²) in [6.45, 7) is 16.9. The highest BCUT2D eigenvalue weighted by Gasteiger charge is 2.44. The standard InChI is InChI=1S/C51H74N8O6.C11H13ClN6O2/c1-9-58-45-17-16-37(38-24-35(25-40(61)27-38)26-44(50(63)59-19-13-12-18-53-59)54-49(62)47(55(5)6)36-14-10-11-15-36)28-41(45)43(30-51(3,4)32-65-33-60)48(58)42-29-39(31-52-46(42)34(2)64-8)57-22-20-56(7)21-23-57;12-10-15-14-8-18(10)11(20)17-4-3-16(5-6-19)7-9(17)1-2-13/h16-17,24-25,27-29,31,33-34,36,43-44,47-48,53,61H,9-15,18-23,26,30,32H2,1-8H3,(H,54,62);6,8-9H,1,3-5,7H2. The van der Waals surface area contributed by atoms with Crippen molar-refractivity contribution in [2.75, 3.05) is 117 Å². The van der Waals surface area contributed by atoms with Crippen molar-refractivity contribution in [1.29, 1.82) is 5.26 Å². The van der Waals surface area contributed by atoms with Crippen molar-refractivity contribution in [3.05, 3.63) is 82.7 Å². The van der Waals surface area contributed by atoms with Crippen molar-refractivity contribution < 1.29 is 38.6 Å². The smallest absolute Gasteiger partial charge is 0.332 e. The number of benzene rings is 2. The minimum Gasteiger partial charge on any atom is -0.508 e. The molecule has 85 heavy (non-hydrogen) atoms. The van der Waals surface area contributed by atoms with Gasteiger partial charge in [0.2, 0.25) is 11.2 Å². The van der Waals surface area contributed by atoms with E-state index in [1.54, 1.807) is 29.2 Å². The van der Waals surface area contributed by atoms with Crippen LogP contribution in [0.2, 0.25) is 5.28 Å². The third-order valence-corrected chi connectivity index (χ3v) is 17.8. The molecule has 23 heteroatoms. The van der Waals surface area contributed by atoms with E-state index in [1.807, 2.05) is 36.2 Å². The van der Waals surface area contributed by atoms with E-state index in [0.29, 0.717) is 52.2 Å². The molecular weight excluding hydrogens is 1100 g/mol. The lowest BCUT2D eigenvalue weighted by Crippen LogP contribution is -2.58. The number of aromatic nitrogens is 4. The highest BCUT2D eigenvalue weighted by molar-refractivity contribution is 6.29. The summed E-state index contributed by atoms with van der Waals surface area (Å²) in [7, 11) is 7.78. The number of phenolic OH excluding ortho intramolecular Hbond substituents is 1. The third kappa shape index (κ3) is 15.6. The zero-order chi connectivity index (χ0) is 61.0. The third-order valence-electron chi connectivity index (χ3n) is 17.6. The molecule has 0 radical (unpaired) electrons. The van der Waals surface area contributed by atoms with Gasteiger partial charge in [-0.25, -0.2) is 14.8 Å². The fraction of sp³-hybridized carbons (Fsp3) is 0.597. The molecule has 2 aromatic carbocycles. The first-order chi connectivity index (χ1) is 40.9. The van der Waals surface area contributed by atoms with Gasteiger partial charge in [0.1, 0.15) is 24.4 Å². The number of aromatic hydroxyl groups is 1. The lowest BCUT2D eigenvalue weighted by molar-refractivity contribution is -0.141. The molecule has 1 aliphatic carbocycles. The Morgan fingerprint density at radius 1 is 0.988 bits per heavy atom. The van der Waals surface area contributed by atoms with Crippen LogP contribution in [0.4, 0.5) is 16.2 Å². The Labute approximate surface area is 505 Å². The molecule has 9 rings (SSSR count). The van der Waals surface area contributed by atoms with Gasteiger partial charge in [-0.3, -0.25) is 34.2 Å². The predicted molar refractivity (Wildman–Crippen MR) is 325 cm³/mol. The number of rotatable bonds is 21. The minimum atomic E-state index is -0.829. The minimum absolute atomic E-state index is 0.0129. The first kappa shape index (κ1) is 64.3. The largest absolute Gasteiger partial charge is 0.508 e. The van der Waals surface area contributed by atoms with Gasteiger partial charge in [-0.2, -0.15) is 5.26 Å². The number of pyridine rings is 1. The quantitative estimate of drug-likeness (QED) is 0.0761. The molecular formula is C62H87ClN14O8. The molecule has 4 aromatic rings. The number of hydrogen-bond donors (Lipinski definition) is 3. The van der Waals surface area contributed by atoms with Gasteiger partial charge in [0.15, 0.2) is 0 Å². The van der Waals surface area contributed by atoms with E-state index in [-0.39, 0.29) is 89.8 Å². The molecule has 3 amide bonds. The molecule has 4 aliphatic heterocycles. The van der Waals surface area contributed by atoms with Gasteiger partial charge in [0, 0.05) is 96.1 Å². The van der Waals surface area contributed by atoms with Gasteiger partial charge < -0.3 is 44.3 Å². The number of piperazine rings is 2. The van der Waals surface area contributed by atoms with Crippen LogP contribution in [0.3, 0.4) is 0 Å². The van der Waals surface area contributed by atoms with Gasteiger partial charge in [-0.1, -0.05) is 38.8 Å². The summed E-state index contributed by atoms with van der Waals surface area (Å²) in [5.41, 5.74) is 10.8. The Morgan fingerprint density at radius 3 is 2.40 bits per heavy atom. The van der Waals surface area contributed by atoms with E-state index in [4.69, 9.17) is 31.3 Å². The summed E-state index contributed by atoms with van der Waals surface area (Å²) < 4.78 is 12.6. The number of likely N-dealkylation sites (N-methyl/N-ethyl adjacent to an activating group) is 3. The highest BCUT2D eigenvalue weighted by atomic mass is 35.5. The molecule has 5 aliphatic rings. The lowest BCUT2D eigenvalue weighted by Gasteiger charge is -2.39. The molecule has 6 heterocycles. The highest BCUT2D eigenvalue weighted by Crippen LogP contribution is 2.55. The summed E-state index contributed by atoms with van der Waals surface area (Å²) in [4.78, 5) is 80.7. The van der Waals surface area contributed by atoms with Crippen molar-refractivity contribution in [3.8, 4) is 22.9 Å². The van der Waals surface area contributed by atoms with Gasteiger partial charge in [-0.05, 0) is 143 Å². The first-order valence-corrected chi connectivity index (χ1v) is 30.4. The second-order valence-electron chi connectivity index (χ2n) is 24.3. The number of hydrogen-bond acceptors (Lipinski definition) is 18. The molecule has 460 valence electrons. The Bertz CT molecular complexity index is 2970. The summed E-state index contributed by atoms with van der Waals surface area (Å²) in [6.07, 6.45) is 11.0. The molecule has 1 saturated carbocycles. The Hall–Kier alpha value is -6.74. The Morgan fingerprint density at radius 2 is 1.75 bits per heavy atom. The fourth-order valence-electron chi connectivity index (χ4n) is 13.2. The van der Waals surface area contributed by atoms with E-state index < -0.39 is 6.04 Å². The van der Waals surface area contributed by atoms with Crippen LogP contribution in [0.25, 0.3) is 11.1 Å². The van der Waals surface area contributed by atoms with Crippen LogP contribution in [0, 0.1) is 22.7 Å². The second kappa shape index (κ2) is 29.6. The zero-order valence-corrected chi connectivity index (χ0v) is 51.5. The van der Waals surface area contributed by atoms with Crippen molar-refractivity contribution in [2.24, 2.45) is 11.3 Å². The molecule has 3 saturated heterocycles. The van der Waals surface area contributed by atoms with Crippen LogP contribution in [0.5, 0.6) is 5.75 Å². The number of phenols is 1. The maximum atomic E-state index is 14.3. The summed E-state index contributed by atoms with van der Waals surface area (Å²) >= 11 is 5.78. The van der Waals surface area contributed by atoms with E-state index in [2.05, 4.69) is 101 Å². The zero-order valence-electron chi connectivity index (χ0n) is 50.8. The number of methoxy groups -OCH3 is 1. The number of nitrogens with one attached hydrogen (secondary N) is 2. The van der Waals surface area contributed by atoms with Gasteiger partial charge >= 0.3 is 6.03 Å². The molecule has 3 N–H and O–H groups in total.